The molecule has 1 heterocycles. The van der Waals surface area contributed by atoms with Gasteiger partial charge in [-0.3, -0.25) is 4.79 Å². The molecule has 0 aliphatic rings. The molecule has 1 aromatic heterocycles. The number of carbonyl (C=O) groups is 1. The van der Waals surface area contributed by atoms with Crippen molar-refractivity contribution in [3.63, 3.8) is 0 Å². The van der Waals surface area contributed by atoms with E-state index in [9.17, 15) is 4.79 Å². The molecular formula is C12H18ClN3O. The van der Waals surface area contributed by atoms with Crippen LogP contribution in [0.5, 0.6) is 0 Å². The van der Waals surface area contributed by atoms with Crippen LogP contribution < -0.4 is 5.73 Å². The highest BCUT2D eigenvalue weighted by atomic mass is 35.5. The first kappa shape index (κ1) is 13.8. The zero-order chi connectivity index (χ0) is 13.0. The van der Waals surface area contributed by atoms with Crippen molar-refractivity contribution >= 4 is 23.3 Å². The number of rotatable bonds is 4. The molecule has 5 heteroatoms. The summed E-state index contributed by atoms with van der Waals surface area (Å²) < 4.78 is 0. The fraction of sp³-hybridized carbons (Fsp3) is 0.500. The summed E-state index contributed by atoms with van der Waals surface area (Å²) in [5, 5.41) is 0.241. The Hall–Kier alpha value is -1.29. The lowest BCUT2D eigenvalue weighted by Gasteiger charge is -2.24. The van der Waals surface area contributed by atoms with Gasteiger partial charge in [-0.15, -0.1) is 0 Å². The number of hydrogen-bond donors (Lipinski definition) is 1. The average molecular weight is 256 g/mol. The van der Waals surface area contributed by atoms with E-state index in [4.69, 9.17) is 17.3 Å². The first-order valence-electron chi connectivity index (χ1n) is 5.66. The lowest BCUT2D eigenvalue weighted by atomic mass is 10.1. The van der Waals surface area contributed by atoms with Gasteiger partial charge in [0, 0.05) is 18.7 Å². The number of nitrogen functional groups attached to an aromatic ring is 1. The molecule has 0 bridgehead atoms. The normalized spacial score (nSPS) is 12.2. The molecule has 0 saturated carbocycles. The molecule has 17 heavy (non-hydrogen) atoms. The number of halogens is 1. The predicted molar refractivity (Wildman–Crippen MR) is 70.1 cm³/mol. The van der Waals surface area contributed by atoms with Crippen LogP contribution in [0.2, 0.25) is 5.15 Å². The number of nitrogens with zero attached hydrogens (tertiary/aromatic N) is 2. The summed E-state index contributed by atoms with van der Waals surface area (Å²) in [5.74, 6) is 0.180. The molecule has 0 spiro atoms. The zero-order valence-corrected chi connectivity index (χ0v) is 11.2. The highest BCUT2D eigenvalue weighted by Gasteiger charge is 2.17. The van der Waals surface area contributed by atoms with Gasteiger partial charge < -0.3 is 10.6 Å². The Bertz CT molecular complexity index is 388. The van der Waals surface area contributed by atoms with Crippen LogP contribution >= 0.6 is 11.6 Å². The summed E-state index contributed by atoms with van der Waals surface area (Å²) >= 11 is 5.78. The van der Waals surface area contributed by atoms with Gasteiger partial charge in [-0.1, -0.05) is 24.9 Å². The molecule has 1 aromatic rings. The van der Waals surface area contributed by atoms with Crippen LogP contribution in [0.1, 0.15) is 37.0 Å². The maximum atomic E-state index is 12.1. The van der Waals surface area contributed by atoms with Gasteiger partial charge in [0.25, 0.3) is 5.91 Å². The minimum atomic E-state index is -0.0815. The molecular weight excluding hydrogens is 238 g/mol. The van der Waals surface area contributed by atoms with Gasteiger partial charge >= 0.3 is 0 Å². The Morgan fingerprint density at radius 3 is 2.76 bits per heavy atom. The third-order valence-corrected chi connectivity index (χ3v) is 2.94. The summed E-state index contributed by atoms with van der Waals surface area (Å²) in [6.07, 6.45) is 2.01. The number of anilines is 1. The summed E-state index contributed by atoms with van der Waals surface area (Å²) in [6.45, 7) is 4.11. The first-order valence-corrected chi connectivity index (χ1v) is 6.03. The molecule has 0 saturated heterocycles. The standard InChI is InChI=1S/C12H18ClN3O/c1-4-5-8(2)16(3)12(17)9-6-10(13)15-11(14)7-9/h6-8H,4-5H2,1-3H3,(H2,14,15). The number of pyridine rings is 1. The highest BCUT2D eigenvalue weighted by Crippen LogP contribution is 2.15. The average Bonchev–Trinajstić information content (AvgIpc) is 2.26. The van der Waals surface area contributed by atoms with Gasteiger partial charge in [0.2, 0.25) is 0 Å². The molecule has 1 atom stereocenters. The van der Waals surface area contributed by atoms with E-state index in [2.05, 4.69) is 11.9 Å². The molecule has 1 unspecified atom stereocenters. The summed E-state index contributed by atoms with van der Waals surface area (Å²) in [6, 6.07) is 3.28. The Morgan fingerprint density at radius 2 is 2.24 bits per heavy atom. The molecule has 2 N–H and O–H groups in total. The topological polar surface area (TPSA) is 59.2 Å². The molecule has 0 aromatic carbocycles. The molecule has 0 aliphatic heterocycles. The van der Waals surface area contributed by atoms with Crippen molar-refractivity contribution in [3.8, 4) is 0 Å². The maximum absolute atomic E-state index is 12.1. The van der Waals surface area contributed by atoms with Gasteiger partial charge in [0.05, 0.1) is 0 Å². The van der Waals surface area contributed by atoms with Crippen LogP contribution in [0.4, 0.5) is 5.82 Å². The van der Waals surface area contributed by atoms with Gasteiger partial charge in [-0.05, 0) is 25.5 Å². The van der Waals surface area contributed by atoms with E-state index in [1.807, 2.05) is 6.92 Å². The van der Waals surface area contributed by atoms with E-state index in [0.717, 1.165) is 12.8 Å². The van der Waals surface area contributed by atoms with Gasteiger partial charge in [0.1, 0.15) is 11.0 Å². The number of nitrogens with two attached hydrogens (primary N) is 1. The fourth-order valence-corrected chi connectivity index (χ4v) is 1.87. The molecule has 4 nitrogen and oxygen atoms in total. The lowest BCUT2D eigenvalue weighted by molar-refractivity contribution is 0.0736. The van der Waals surface area contributed by atoms with E-state index in [0.29, 0.717) is 5.56 Å². The number of carbonyl (C=O) groups excluding carboxylic acids is 1. The van der Waals surface area contributed by atoms with Crippen molar-refractivity contribution in [2.75, 3.05) is 12.8 Å². The quantitative estimate of drug-likeness (QED) is 0.842. The number of hydrogen-bond acceptors (Lipinski definition) is 3. The Kier molecular flexibility index (Phi) is 4.75. The molecule has 1 amide bonds. The van der Waals surface area contributed by atoms with E-state index in [1.54, 1.807) is 18.0 Å². The smallest absolute Gasteiger partial charge is 0.254 e. The van der Waals surface area contributed by atoms with Crippen LogP contribution in [-0.2, 0) is 0 Å². The Morgan fingerprint density at radius 1 is 1.59 bits per heavy atom. The summed E-state index contributed by atoms with van der Waals surface area (Å²) in [5.41, 5.74) is 6.05. The maximum Gasteiger partial charge on any atom is 0.254 e. The van der Waals surface area contributed by atoms with Crippen LogP contribution in [0, 0.1) is 0 Å². The van der Waals surface area contributed by atoms with Crippen molar-refractivity contribution in [3.05, 3.63) is 22.8 Å². The zero-order valence-electron chi connectivity index (χ0n) is 10.4. The van der Waals surface area contributed by atoms with E-state index in [1.165, 1.54) is 6.07 Å². The minimum Gasteiger partial charge on any atom is -0.384 e. The monoisotopic (exact) mass is 255 g/mol. The van der Waals surface area contributed by atoms with Crippen LogP contribution in [0.3, 0.4) is 0 Å². The second-order valence-corrected chi connectivity index (χ2v) is 4.54. The largest absolute Gasteiger partial charge is 0.384 e. The Labute approximate surface area is 107 Å². The van der Waals surface area contributed by atoms with E-state index < -0.39 is 0 Å². The van der Waals surface area contributed by atoms with Crippen molar-refractivity contribution in [1.29, 1.82) is 0 Å². The van der Waals surface area contributed by atoms with Crippen molar-refractivity contribution < 1.29 is 4.79 Å². The minimum absolute atomic E-state index is 0.0815. The van der Waals surface area contributed by atoms with E-state index >= 15 is 0 Å². The van der Waals surface area contributed by atoms with Crippen molar-refractivity contribution in [2.45, 2.75) is 32.7 Å². The summed E-state index contributed by atoms with van der Waals surface area (Å²) in [7, 11) is 1.78. The lowest BCUT2D eigenvalue weighted by Crippen LogP contribution is -2.35. The first-order chi connectivity index (χ1) is 7.95. The number of amides is 1. The highest BCUT2D eigenvalue weighted by molar-refractivity contribution is 6.29. The van der Waals surface area contributed by atoms with Crippen LogP contribution in [0.15, 0.2) is 12.1 Å². The third-order valence-electron chi connectivity index (χ3n) is 2.75. The predicted octanol–water partition coefficient (Wildman–Crippen LogP) is 2.58. The molecule has 94 valence electrons. The molecule has 1 rings (SSSR count). The van der Waals surface area contributed by atoms with E-state index in [-0.39, 0.29) is 22.9 Å². The van der Waals surface area contributed by atoms with Gasteiger partial charge in [0.15, 0.2) is 0 Å². The molecule has 0 radical (unpaired) electrons. The second kappa shape index (κ2) is 5.87. The van der Waals surface area contributed by atoms with Crippen molar-refractivity contribution in [1.82, 2.24) is 9.88 Å². The van der Waals surface area contributed by atoms with Gasteiger partial charge in [-0.25, -0.2) is 4.98 Å². The molecule has 0 aliphatic carbocycles. The summed E-state index contributed by atoms with van der Waals surface area (Å²) in [4.78, 5) is 17.7. The van der Waals surface area contributed by atoms with Gasteiger partial charge in [-0.2, -0.15) is 0 Å². The van der Waals surface area contributed by atoms with Crippen LogP contribution in [-0.4, -0.2) is 28.9 Å². The SMILES string of the molecule is CCCC(C)N(C)C(=O)c1cc(N)nc(Cl)c1. The Balaban J connectivity index is 2.88. The second-order valence-electron chi connectivity index (χ2n) is 4.16. The fourth-order valence-electron chi connectivity index (χ4n) is 1.66. The third kappa shape index (κ3) is 3.60. The molecule has 0 fully saturated rings. The van der Waals surface area contributed by atoms with Crippen LogP contribution in [0.25, 0.3) is 0 Å². The van der Waals surface area contributed by atoms with Crippen molar-refractivity contribution in [2.24, 2.45) is 0 Å². The number of aromatic nitrogens is 1.